The number of nitrogens with two attached hydrogens (primary N) is 1. The molecule has 0 amide bonds. The lowest BCUT2D eigenvalue weighted by Crippen LogP contribution is -2.23. The van der Waals surface area contributed by atoms with Crippen LogP contribution >= 0.6 is 28.1 Å². The van der Waals surface area contributed by atoms with Crippen LogP contribution in [-0.4, -0.2) is 30.1 Å². The highest BCUT2D eigenvalue weighted by Gasteiger charge is 2.18. The van der Waals surface area contributed by atoms with Crippen LogP contribution < -0.4 is 10.5 Å². The van der Waals surface area contributed by atoms with Crippen molar-refractivity contribution >= 4 is 33.1 Å². The molecule has 3 nitrogen and oxygen atoms in total. The Balaban J connectivity index is 2.07. The first-order chi connectivity index (χ1) is 8.56. The topological polar surface area (TPSA) is 38.5 Å². The van der Waals surface area contributed by atoms with Crippen LogP contribution in [0.1, 0.15) is 17.5 Å². The van der Waals surface area contributed by atoms with Crippen molar-refractivity contribution in [3.8, 4) is 5.75 Å². The minimum atomic E-state index is 0.567. The van der Waals surface area contributed by atoms with Gasteiger partial charge in [-0.25, -0.2) is 0 Å². The molecule has 0 radical (unpaired) electrons. The fraction of sp³-hybridized carbons (Fsp3) is 0.462. The van der Waals surface area contributed by atoms with Gasteiger partial charge in [0.1, 0.15) is 5.75 Å². The van der Waals surface area contributed by atoms with Gasteiger partial charge in [-0.3, -0.25) is 0 Å². The smallest absolute Gasteiger partial charge is 0.127 e. The van der Waals surface area contributed by atoms with Crippen molar-refractivity contribution in [1.82, 2.24) is 4.90 Å². The lowest BCUT2D eigenvalue weighted by molar-refractivity contribution is 0.317. The van der Waals surface area contributed by atoms with Crippen LogP contribution in [0.2, 0.25) is 0 Å². The molecule has 2 N–H and O–H groups in total. The molecule has 0 spiro atoms. The first kappa shape index (κ1) is 13.8. The van der Waals surface area contributed by atoms with E-state index >= 15 is 0 Å². The van der Waals surface area contributed by atoms with Crippen molar-refractivity contribution in [3.05, 3.63) is 27.7 Å². The van der Waals surface area contributed by atoms with Gasteiger partial charge in [-0.05, 0) is 24.7 Å². The largest absolute Gasteiger partial charge is 0.493 e. The Morgan fingerprint density at radius 2 is 2.33 bits per heavy atom. The summed E-state index contributed by atoms with van der Waals surface area (Å²) in [6, 6.07) is 4.27. The van der Waals surface area contributed by atoms with Crippen molar-refractivity contribution in [3.63, 3.8) is 0 Å². The molecule has 0 saturated heterocycles. The summed E-state index contributed by atoms with van der Waals surface area (Å²) < 4.78 is 6.83. The van der Waals surface area contributed by atoms with Crippen LogP contribution in [0.15, 0.2) is 16.6 Å². The van der Waals surface area contributed by atoms with Crippen LogP contribution in [0.4, 0.5) is 0 Å². The zero-order valence-electron chi connectivity index (χ0n) is 10.4. The number of hydrogen-bond donors (Lipinski definition) is 1. The molecule has 1 heterocycles. The highest BCUT2D eigenvalue weighted by atomic mass is 79.9. The molecule has 0 bridgehead atoms. The summed E-state index contributed by atoms with van der Waals surface area (Å²) >= 11 is 8.45. The van der Waals surface area contributed by atoms with Gasteiger partial charge in [0, 0.05) is 36.0 Å². The average molecular weight is 329 g/mol. The van der Waals surface area contributed by atoms with Gasteiger partial charge in [0.2, 0.25) is 0 Å². The zero-order valence-corrected chi connectivity index (χ0v) is 12.8. The van der Waals surface area contributed by atoms with E-state index in [1.807, 2.05) is 0 Å². The van der Waals surface area contributed by atoms with Gasteiger partial charge in [0.15, 0.2) is 0 Å². The Hall–Kier alpha value is -0.650. The molecule has 1 aromatic rings. The number of nitrogens with zero attached hydrogens (tertiary/aromatic N) is 1. The summed E-state index contributed by atoms with van der Waals surface area (Å²) in [7, 11) is 2.07. The maximum atomic E-state index is 5.71. The van der Waals surface area contributed by atoms with E-state index in [4.69, 9.17) is 22.7 Å². The molecule has 0 unspecified atom stereocenters. The Kier molecular flexibility index (Phi) is 4.59. The van der Waals surface area contributed by atoms with E-state index in [0.717, 1.165) is 42.8 Å². The van der Waals surface area contributed by atoms with Crippen molar-refractivity contribution in [2.24, 2.45) is 5.73 Å². The summed E-state index contributed by atoms with van der Waals surface area (Å²) in [5.74, 6) is 1.06. The molecule has 98 valence electrons. The van der Waals surface area contributed by atoms with Crippen molar-refractivity contribution < 1.29 is 4.74 Å². The van der Waals surface area contributed by atoms with E-state index in [9.17, 15) is 0 Å². The third kappa shape index (κ3) is 3.43. The quantitative estimate of drug-likeness (QED) is 0.843. The standard InChI is InChI=1S/C13H17BrN2OS/c1-16(4-2-12(15)18)8-10-7-11(14)6-9-3-5-17-13(9)10/h6-7H,2-5,8H2,1H3,(H2,15,18). The van der Waals surface area contributed by atoms with Gasteiger partial charge in [-0.15, -0.1) is 0 Å². The van der Waals surface area contributed by atoms with E-state index in [-0.39, 0.29) is 0 Å². The molecule has 1 aliphatic heterocycles. The Bertz CT molecular complexity index is 465. The van der Waals surface area contributed by atoms with Gasteiger partial charge in [-0.1, -0.05) is 28.1 Å². The van der Waals surface area contributed by atoms with Crippen molar-refractivity contribution in [1.29, 1.82) is 0 Å². The number of thiocarbonyl (C=S) groups is 1. The number of hydrogen-bond acceptors (Lipinski definition) is 3. The first-order valence-electron chi connectivity index (χ1n) is 5.97. The molecule has 1 aliphatic rings. The van der Waals surface area contributed by atoms with Crippen LogP contribution in [-0.2, 0) is 13.0 Å². The van der Waals surface area contributed by atoms with Crippen LogP contribution in [0.25, 0.3) is 0 Å². The summed E-state index contributed by atoms with van der Waals surface area (Å²) in [5, 5.41) is 0. The Labute approximate surface area is 121 Å². The van der Waals surface area contributed by atoms with E-state index in [2.05, 4.69) is 40.0 Å². The SMILES string of the molecule is CN(CCC(N)=S)Cc1cc(Br)cc2c1OCC2. The molecule has 2 rings (SSSR count). The van der Waals surface area contributed by atoms with Crippen LogP contribution in [0.3, 0.4) is 0 Å². The molecule has 0 saturated carbocycles. The predicted octanol–water partition coefficient (Wildman–Crippen LogP) is 2.49. The van der Waals surface area contributed by atoms with E-state index < -0.39 is 0 Å². The second-order valence-corrected chi connectivity index (χ2v) is 6.05. The Morgan fingerprint density at radius 1 is 1.56 bits per heavy atom. The maximum Gasteiger partial charge on any atom is 0.127 e. The molecular weight excluding hydrogens is 312 g/mol. The molecule has 18 heavy (non-hydrogen) atoms. The summed E-state index contributed by atoms with van der Waals surface area (Å²) in [6.07, 6.45) is 1.75. The molecular formula is C13H17BrN2OS. The average Bonchev–Trinajstić information content (AvgIpc) is 2.74. The maximum absolute atomic E-state index is 5.71. The number of halogens is 1. The summed E-state index contributed by atoms with van der Waals surface area (Å²) in [4.78, 5) is 2.78. The first-order valence-corrected chi connectivity index (χ1v) is 7.17. The van der Waals surface area contributed by atoms with Gasteiger partial charge >= 0.3 is 0 Å². The molecule has 5 heteroatoms. The van der Waals surface area contributed by atoms with Gasteiger partial charge < -0.3 is 15.4 Å². The van der Waals surface area contributed by atoms with Crippen molar-refractivity contribution in [2.75, 3.05) is 20.2 Å². The van der Waals surface area contributed by atoms with Crippen LogP contribution in [0.5, 0.6) is 5.75 Å². The Morgan fingerprint density at radius 3 is 3.06 bits per heavy atom. The van der Waals surface area contributed by atoms with E-state index in [1.165, 1.54) is 11.1 Å². The molecule has 0 aromatic heterocycles. The molecule has 0 aliphatic carbocycles. The lowest BCUT2D eigenvalue weighted by atomic mass is 10.1. The van der Waals surface area contributed by atoms with Crippen molar-refractivity contribution in [2.45, 2.75) is 19.4 Å². The fourth-order valence-electron chi connectivity index (χ4n) is 2.13. The highest BCUT2D eigenvalue weighted by Crippen LogP contribution is 2.33. The number of fused-ring (bicyclic) bond motifs is 1. The highest BCUT2D eigenvalue weighted by molar-refractivity contribution is 9.10. The minimum absolute atomic E-state index is 0.567. The summed E-state index contributed by atoms with van der Waals surface area (Å²) in [6.45, 7) is 2.51. The zero-order chi connectivity index (χ0) is 13.1. The molecule has 1 aromatic carbocycles. The van der Waals surface area contributed by atoms with E-state index in [0.29, 0.717) is 4.99 Å². The van der Waals surface area contributed by atoms with Gasteiger partial charge in [0.25, 0.3) is 0 Å². The minimum Gasteiger partial charge on any atom is -0.493 e. The number of rotatable bonds is 5. The van der Waals surface area contributed by atoms with Gasteiger partial charge in [0.05, 0.1) is 11.6 Å². The normalized spacial score (nSPS) is 13.5. The predicted molar refractivity (Wildman–Crippen MR) is 81.1 cm³/mol. The second-order valence-electron chi connectivity index (χ2n) is 4.61. The molecule has 0 fully saturated rings. The second kappa shape index (κ2) is 5.99. The van der Waals surface area contributed by atoms with Crippen LogP contribution in [0, 0.1) is 0 Å². The monoisotopic (exact) mass is 328 g/mol. The van der Waals surface area contributed by atoms with E-state index in [1.54, 1.807) is 0 Å². The van der Waals surface area contributed by atoms with Gasteiger partial charge in [-0.2, -0.15) is 0 Å². The number of benzene rings is 1. The number of ether oxygens (including phenoxy) is 1. The third-order valence-electron chi connectivity index (χ3n) is 3.01. The fourth-order valence-corrected chi connectivity index (χ4v) is 2.78. The summed E-state index contributed by atoms with van der Waals surface area (Å²) in [5.41, 5.74) is 8.04. The molecule has 0 atom stereocenters. The lowest BCUT2D eigenvalue weighted by Gasteiger charge is -2.18. The third-order valence-corrected chi connectivity index (χ3v) is 3.67.